The summed E-state index contributed by atoms with van der Waals surface area (Å²) in [7, 11) is 1.57. The van der Waals surface area contributed by atoms with E-state index < -0.39 is 5.97 Å². The lowest BCUT2D eigenvalue weighted by atomic mass is 10.1. The number of urea groups is 1. The molecule has 0 aliphatic carbocycles. The molecule has 0 saturated heterocycles. The maximum atomic E-state index is 12.0. The summed E-state index contributed by atoms with van der Waals surface area (Å²) >= 11 is 0. The highest BCUT2D eigenvalue weighted by Gasteiger charge is 2.21. The summed E-state index contributed by atoms with van der Waals surface area (Å²) in [6.45, 7) is 6.41. The molecule has 0 heterocycles. The molecule has 0 aliphatic rings. The zero-order chi connectivity index (χ0) is 14.1. The van der Waals surface area contributed by atoms with Crippen molar-refractivity contribution in [3.8, 4) is 0 Å². The summed E-state index contributed by atoms with van der Waals surface area (Å²) in [5.41, 5.74) is 0. The number of nitrogens with zero attached hydrogens (tertiary/aromatic N) is 1. The molecule has 0 aromatic rings. The molecule has 0 rings (SSSR count). The number of rotatable bonds is 8. The third-order valence-electron chi connectivity index (χ3n) is 2.57. The Hall–Kier alpha value is -1.30. The monoisotopic (exact) mass is 260 g/mol. The number of hydrogen-bond donors (Lipinski definition) is 2. The molecule has 1 unspecified atom stereocenters. The third kappa shape index (κ3) is 6.44. The van der Waals surface area contributed by atoms with Gasteiger partial charge in [-0.05, 0) is 12.3 Å². The van der Waals surface area contributed by atoms with Crippen LogP contribution in [0.3, 0.4) is 0 Å². The molecule has 6 heteroatoms. The summed E-state index contributed by atoms with van der Waals surface area (Å²) in [6, 6.07) is -0.467. The maximum Gasteiger partial charge on any atom is 0.323 e. The number of nitrogens with one attached hydrogen (secondary N) is 1. The fraction of sp³-hybridized carbons (Fsp3) is 0.833. The summed E-state index contributed by atoms with van der Waals surface area (Å²) < 4.78 is 5.04. The van der Waals surface area contributed by atoms with Crippen molar-refractivity contribution < 1.29 is 19.4 Å². The molecule has 18 heavy (non-hydrogen) atoms. The Morgan fingerprint density at radius 2 is 2.00 bits per heavy atom. The van der Waals surface area contributed by atoms with Crippen LogP contribution in [0.5, 0.6) is 0 Å². The second-order valence-electron chi connectivity index (χ2n) is 4.57. The van der Waals surface area contributed by atoms with Gasteiger partial charge in [-0.2, -0.15) is 0 Å². The van der Waals surface area contributed by atoms with E-state index >= 15 is 0 Å². The van der Waals surface area contributed by atoms with E-state index in [0.717, 1.165) is 6.42 Å². The van der Waals surface area contributed by atoms with Crippen LogP contribution in [0.4, 0.5) is 4.79 Å². The number of ether oxygens (including phenoxy) is 1. The molecule has 6 nitrogen and oxygen atoms in total. The minimum atomic E-state index is -1.01. The minimum absolute atomic E-state index is 0.115. The van der Waals surface area contributed by atoms with Crippen LogP contribution in [-0.2, 0) is 9.53 Å². The SMILES string of the molecule is CCCN(CC(=O)O)C(=O)NC(COC)C(C)C. The molecule has 1 atom stereocenters. The van der Waals surface area contributed by atoms with Crippen molar-refractivity contribution in [2.75, 3.05) is 26.8 Å². The summed E-state index contributed by atoms with van der Waals surface area (Å²) in [5, 5.41) is 11.6. The van der Waals surface area contributed by atoms with Crippen LogP contribution < -0.4 is 5.32 Å². The second-order valence-corrected chi connectivity index (χ2v) is 4.57. The molecular weight excluding hydrogens is 236 g/mol. The Kier molecular flexibility index (Phi) is 8.11. The van der Waals surface area contributed by atoms with Gasteiger partial charge >= 0.3 is 12.0 Å². The molecule has 0 aliphatic heterocycles. The molecule has 0 saturated carbocycles. The molecule has 106 valence electrons. The van der Waals surface area contributed by atoms with E-state index in [2.05, 4.69) is 5.32 Å². The van der Waals surface area contributed by atoms with Crippen molar-refractivity contribution in [2.45, 2.75) is 33.2 Å². The van der Waals surface area contributed by atoms with Crippen LogP contribution >= 0.6 is 0 Å². The zero-order valence-electron chi connectivity index (χ0n) is 11.6. The van der Waals surface area contributed by atoms with Crippen molar-refractivity contribution >= 4 is 12.0 Å². The van der Waals surface area contributed by atoms with E-state index in [-0.39, 0.29) is 24.5 Å². The largest absolute Gasteiger partial charge is 0.480 e. The third-order valence-corrected chi connectivity index (χ3v) is 2.57. The lowest BCUT2D eigenvalue weighted by Crippen LogP contribution is -2.50. The highest BCUT2D eigenvalue weighted by Crippen LogP contribution is 2.03. The van der Waals surface area contributed by atoms with E-state index in [9.17, 15) is 9.59 Å². The number of methoxy groups -OCH3 is 1. The Balaban J connectivity index is 4.50. The van der Waals surface area contributed by atoms with Gasteiger partial charge in [-0.15, -0.1) is 0 Å². The molecule has 0 bridgehead atoms. The van der Waals surface area contributed by atoms with Crippen LogP contribution in [-0.4, -0.2) is 54.9 Å². The van der Waals surface area contributed by atoms with Gasteiger partial charge in [-0.25, -0.2) is 4.79 Å². The predicted octanol–water partition coefficient (Wildman–Crippen LogP) is 1.16. The number of amides is 2. The van der Waals surface area contributed by atoms with Gasteiger partial charge in [0.15, 0.2) is 0 Å². The lowest BCUT2D eigenvalue weighted by molar-refractivity contribution is -0.137. The Bertz CT molecular complexity index is 269. The first kappa shape index (κ1) is 16.7. The van der Waals surface area contributed by atoms with E-state index in [1.807, 2.05) is 20.8 Å². The van der Waals surface area contributed by atoms with E-state index in [0.29, 0.717) is 13.2 Å². The van der Waals surface area contributed by atoms with Gasteiger partial charge in [0.25, 0.3) is 0 Å². The first-order valence-electron chi connectivity index (χ1n) is 6.18. The van der Waals surface area contributed by atoms with Gasteiger partial charge < -0.3 is 20.1 Å². The van der Waals surface area contributed by atoms with Gasteiger partial charge in [0.1, 0.15) is 6.54 Å². The first-order valence-corrected chi connectivity index (χ1v) is 6.18. The molecule has 0 spiro atoms. The smallest absolute Gasteiger partial charge is 0.323 e. The Labute approximate surface area is 108 Å². The van der Waals surface area contributed by atoms with Gasteiger partial charge in [0.2, 0.25) is 0 Å². The minimum Gasteiger partial charge on any atom is -0.480 e. The van der Waals surface area contributed by atoms with E-state index in [1.54, 1.807) is 7.11 Å². The topological polar surface area (TPSA) is 78.9 Å². The maximum absolute atomic E-state index is 12.0. The second kappa shape index (κ2) is 8.74. The average molecular weight is 260 g/mol. The van der Waals surface area contributed by atoms with Crippen molar-refractivity contribution in [3.05, 3.63) is 0 Å². The quantitative estimate of drug-likeness (QED) is 0.686. The van der Waals surface area contributed by atoms with Crippen molar-refractivity contribution in [1.29, 1.82) is 0 Å². The standard InChI is InChI=1S/C12H24N2O4/c1-5-6-14(7-11(15)16)12(17)13-10(8-18-4)9(2)3/h9-10H,5-8H2,1-4H3,(H,13,17)(H,15,16). The van der Waals surface area contributed by atoms with Gasteiger partial charge in [-0.1, -0.05) is 20.8 Å². The summed E-state index contributed by atoms with van der Waals surface area (Å²) in [4.78, 5) is 23.9. The molecule has 2 amide bonds. The van der Waals surface area contributed by atoms with Crippen molar-refractivity contribution in [2.24, 2.45) is 5.92 Å². The molecule has 2 N–H and O–H groups in total. The Morgan fingerprint density at radius 1 is 1.39 bits per heavy atom. The van der Waals surface area contributed by atoms with Crippen LogP contribution in [0.25, 0.3) is 0 Å². The van der Waals surface area contributed by atoms with Gasteiger partial charge in [-0.3, -0.25) is 4.79 Å². The number of carboxylic acids is 1. The Morgan fingerprint density at radius 3 is 2.39 bits per heavy atom. The van der Waals surface area contributed by atoms with E-state index in [4.69, 9.17) is 9.84 Å². The number of carbonyl (C=O) groups excluding carboxylic acids is 1. The zero-order valence-corrected chi connectivity index (χ0v) is 11.6. The fourth-order valence-corrected chi connectivity index (χ4v) is 1.52. The molecule has 0 fully saturated rings. The first-order chi connectivity index (χ1) is 8.42. The predicted molar refractivity (Wildman–Crippen MR) is 68.5 cm³/mol. The number of carbonyl (C=O) groups is 2. The number of hydrogen-bond acceptors (Lipinski definition) is 3. The average Bonchev–Trinajstić information content (AvgIpc) is 2.27. The van der Waals surface area contributed by atoms with Gasteiger partial charge in [0, 0.05) is 13.7 Å². The van der Waals surface area contributed by atoms with Crippen LogP contribution in [0.15, 0.2) is 0 Å². The number of carboxylic acid groups (broad SMARTS) is 1. The number of aliphatic carboxylic acids is 1. The summed E-state index contributed by atoms with van der Waals surface area (Å²) in [6.07, 6.45) is 0.720. The molecule has 0 radical (unpaired) electrons. The van der Waals surface area contributed by atoms with E-state index in [1.165, 1.54) is 4.90 Å². The van der Waals surface area contributed by atoms with Crippen molar-refractivity contribution in [1.82, 2.24) is 10.2 Å². The van der Waals surface area contributed by atoms with Crippen LogP contribution in [0.2, 0.25) is 0 Å². The molecule has 0 aromatic heterocycles. The van der Waals surface area contributed by atoms with Crippen LogP contribution in [0.1, 0.15) is 27.2 Å². The van der Waals surface area contributed by atoms with Crippen molar-refractivity contribution in [3.63, 3.8) is 0 Å². The fourth-order valence-electron chi connectivity index (χ4n) is 1.52. The lowest BCUT2D eigenvalue weighted by Gasteiger charge is -2.26. The highest BCUT2D eigenvalue weighted by molar-refractivity contribution is 5.80. The highest BCUT2D eigenvalue weighted by atomic mass is 16.5. The van der Waals surface area contributed by atoms with Crippen LogP contribution in [0, 0.1) is 5.92 Å². The molecular formula is C12H24N2O4. The normalized spacial score (nSPS) is 12.3. The summed E-state index contributed by atoms with van der Waals surface area (Å²) in [5.74, 6) is -0.784. The van der Waals surface area contributed by atoms with Gasteiger partial charge in [0.05, 0.1) is 12.6 Å². The molecule has 0 aromatic carbocycles.